The van der Waals surface area contributed by atoms with Crippen LogP contribution in [0.2, 0.25) is 0 Å². The summed E-state index contributed by atoms with van der Waals surface area (Å²) < 4.78 is 15.8. The van der Waals surface area contributed by atoms with Crippen LogP contribution in [0.1, 0.15) is 11.1 Å². The second-order valence-corrected chi connectivity index (χ2v) is 6.06. The maximum absolute atomic E-state index is 12.0. The van der Waals surface area contributed by atoms with Crippen molar-refractivity contribution in [3.05, 3.63) is 84.0 Å². The summed E-state index contributed by atoms with van der Waals surface area (Å²) in [6.45, 7) is 6.40. The summed E-state index contributed by atoms with van der Waals surface area (Å²) >= 11 is 0. The molecule has 0 spiro atoms. The number of carbonyl (C=O) groups is 1. The standard InChI is InChI=1S/C24H20N2O6/c1-3-19-4-8-22(9-5-19)28-16-29-23-10-6-20(7-11-23)12-21(14-26)24(27)30-17-32-31-15-18(2)13-25/h3-12H,1-2,15-17H2. The highest BCUT2D eigenvalue weighted by atomic mass is 17.2. The van der Waals surface area contributed by atoms with Crippen LogP contribution < -0.4 is 9.47 Å². The zero-order valence-corrected chi connectivity index (χ0v) is 17.2. The van der Waals surface area contributed by atoms with Crippen LogP contribution in [0.15, 0.2) is 72.8 Å². The molecule has 0 atom stereocenters. The van der Waals surface area contributed by atoms with Gasteiger partial charge in [0.1, 0.15) is 29.7 Å². The summed E-state index contributed by atoms with van der Waals surface area (Å²) in [6.07, 6.45) is 3.11. The quantitative estimate of drug-likeness (QED) is 0.0934. The van der Waals surface area contributed by atoms with Gasteiger partial charge in [-0.3, -0.25) is 0 Å². The summed E-state index contributed by atoms with van der Waals surface area (Å²) in [4.78, 5) is 21.2. The van der Waals surface area contributed by atoms with E-state index >= 15 is 0 Å². The third-order valence-corrected chi connectivity index (χ3v) is 3.81. The zero-order valence-electron chi connectivity index (χ0n) is 17.2. The number of nitriles is 2. The van der Waals surface area contributed by atoms with Gasteiger partial charge < -0.3 is 14.2 Å². The van der Waals surface area contributed by atoms with Gasteiger partial charge in [0.05, 0.1) is 11.6 Å². The number of hydrogen-bond donors (Lipinski definition) is 0. The average Bonchev–Trinajstić information content (AvgIpc) is 2.83. The molecule has 2 aromatic carbocycles. The third kappa shape index (κ3) is 8.17. The molecule has 0 bridgehead atoms. The SMILES string of the molecule is C=Cc1ccc(OCOc2ccc(C=C(C#N)C(=O)OCOOCC(=C)C#N)cc2)cc1. The van der Waals surface area contributed by atoms with Crippen molar-refractivity contribution in [3.8, 4) is 23.6 Å². The highest BCUT2D eigenvalue weighted by Crippen LogP contribution is 2.17. The number of benzene rings is 2. The van der Waals surface area contributed by atoms with Gasteiger partial charge >= 0.3 is 5.97 Å². The third-order valence-electron chi connectivity index (χ3n) is 3.81. The Kier molecular flexibility index (Phi) is 9.74. The minimum atomic E-state index is -0.883. The Morgan fingerprint density at radius 2 is 1.47 bits per heavy atom. The van der Waals surface area contributed by atoms with Crippen molar-refractivity contribution >= 4 is 18.1 Å². The number of nitrogens with zero attached hydrogens (tertiary/aromatic N) is 2. The summed E-state index contributed by atoms with van der Waals surface area (Å²) in [5.41, 5.74) is 1.50. The minimum Gasteiger partial charge on any atom is -0.458 e. The topological polar surface area (TPSA) is 111 Å². The molecule has 0 fully saturated rings. The Hall–Kier alpha value is -4.37. The van der Waals surface area contributed by atoms with Gasteiger partial charge in [0.15, 0.2) is 0 Å². The van der Waals surface area contributed by atoms with E-state index in [1.165, 1.54) is 6.08 Å². The van der Waals surface area contributed by atoms with E-state index in [2.05, 4.69) is 22.9 Å². The maximum atomic E-state index is 12.0. The molecule has 0 unspecified atom stereocenters. The van der Waals surface area contributed by atoms with E-state index < -0.39 is 12.8 Å². The summed E-state index contributed by atoms with van der Waals surface area (Å²) in [7, 11) is 0. The van der Waals surface area contributed by atoms with Crippen LogP contribution in [0.3, 0.4) is 0 Å². The Morgan fingerprint density at radius 1 is 0.875 bits per heavy atom. The molecular weight excluding hydrogens is 412 g/mol. The van der Waals surface area contributed by atoms with Gasteiger partial charge in [-0.15, -0.1) is 0 Å². The summed E-state index contributed by atoms with van der Waals surface area (Å²) in [5, 5.41) is 17.7. The fraction of sp³-hybridized carbons (Fsp3) is 0.125. The van der Waals surface area contributed by atoms with Crippen molar-refractivity contribution < 1.29 is 28.8 Å². The first-order valence-electron chi connectivity index (χ1n) is 9.25. The average molecular weight is 432 g/mol. The fourth-order valence-corrected chi connectivity index (χ4v) is 2.16. The van der Waals surface area contributed by atoms with Gasteiger partial charge in [0, 0.05) is 0 Å². The van der Waals surface area contributed by atoms with Crippen molar-refractivity contribution in [3.63, 3.8) is 0 Å². The molecule has 0 amide bonds. The summed E-state index contributed by atoms with van der Waals surface area (Å²) in [6, 6.07) is 17.6. The minimum absolute atomic E-state index is 0.0161. The first-order valence-corrected chi connectivity index (χ1v) is 9.25. The van der Waals surface area contributed by atoms with Gasteiger partial charge in [-0.05, 0) is 41.5 Å². The molecule has 162 valence electrons. The van der Waals surface area contributed by atoms with Crippen molar-refractivity contribution in [2.24, 2.45) is 0 Å². The molecule has 8 heteroatoms. The van der Waals surface area contributed by atoms with Crippen molar-refractivity contribution in [2.75, 3.05) is 20.2 Å². The number of esters is 1. The molecule has 0 heterocycles. The number of hydrogen-bond acceptors (Lipinski definition) is 8. The predicted octanol–water partition coefficient (Wildman–Crippen LogP) is 4.18. The largest absolute Gasteiger partial charge is 0.458 e. The molecule has 0 aromatic heterocycles. The highest BCUT2D eigenvalue weighted by molar-refractivity contribution is 5.97. The van der Waals surface area contributed by atoms with E-state index in [4.69, 9.17) is 19.5 Å². The van der Waals surface area contributed by atoms with Gasteiger partial charge in [0.2, 0.25) is 13.6 Å². The lowest BCUT2D eigenvalue weighted by Crippen LogP contribution is -2.11. The van der Waals surface area contributed by atoms with Crippen LogP contribution in [0, 0.1) is 22.7 Å². The molecule has 0 saturated heterocycles. The van der Waals surface area contributed by atoms with E-state index in [0.717, 1.165) is 5.56 Å². The van der Waals surface area contributed by atoms with E-state index in [0.29, 0.717) is 17.1 Å². The van der Waals surface area contributed by atoms with E-state index in [9.17, 15) is 10.1 Å². The van der Waals surface area contributed by atoms with Crippen molar-refractivity contribution in [1.29, 1.82) is 10.5 Å². The second kappa shape index (κ2) is 13.0. The molecule has 2 aromatic rings. The number of carbonyl (C=O) groups excluding carboxylic acids is 1. The van der Waals surface area contributed by atoms with E-state index in [1.807, 2.05) is 24.3 Å². The van der Waals surface area contributed by atoms with Crippen molar-refractivity contribution in [1.82, 2.24) is 0 Å². The smallest absolute Gasteiger partial charge is 0.351 e. The van der Waals surface area contributed by atoms with E-state index in [-0.39, 0.29) is 24.5 Å². The summed E-state index contributed by atoms with van der Waals surface area (Å²) in [5.74, 6) is 0.332. The van der Waals surface area contributed by atoms with Crippen LogP contribution in [0.5, 0.6) is 11.5 Å². The monoisotopic (exact) mass is 432 g/mol. The molecule has 2 rings (SSSR count). The Labute approximate surface area is 185 Å². The van der Waals surface area contributed by atoms with E-state index in [1.54, 1.807) is 42.5 Å². The van der Waals surface area contributed by atoms with Gasteiger partial charge in [-0.1, -0.05) is 43.5 Å². The molecule has 0 aliphatic heterocycles. The fourth-order valence-electron chi connectivity index (χ4n) is 2.16. The molecular formula is C24H20N2O6. The molecule has 0 N–H and O–H groups in total. The number of ether oxygens (including phenoxy) is 3. The molecule has 32 heavy (non-hydrogen) atoms. The lowest BCUT2D eigenvalue weighted by molar-refractivity contribution is -0.323. The second-order valence-electron chi connectivity index (χ2n) is 6.06. The van der Waals surface area contributed by atoms with Crippen molar-refractivity contribution in [2.45, 2.75) is 0 Å². The number of rotatable bonds is 12. The van der Waals surface area contributed by atoms with Crippen LogP contribution in [0.25, 0.3) is 12.2 Å². The lowest BCUT2D eigenvalue weighted by atomic mass is 10.1. The Balaban J connectivity index is 1.81. The van der Waals surface area contributed by atoms with Crippen LogP contribution in [-0.4, -0.2) is 26.2 Å². The Bertz CT molecular complexity index is 1040. The highest BCUT2D eigenvalue weighted by Gasteiger charge is 2.11. The first-order chi connectivity index (χ1) is 15.5. The molecule has 8 nitrogen and oxygen atoms in total. The van der Waals surface area contributed by atoms with Gasteiger partial charge in [-0.25, -0.2) is 9.68 Å². The molecule has 0 saturated carbocycles. The maximum Gasteiger partial charge on any atom is 0.351 e. The molecule has 0 radical (unpaired) electrons. The Morgan fingerprint density at radius 3 is 2.00 bits per heavy atom. The molecule has 0 aliphatic carbocycles. The molecule has 0 aliphatic rings. The van der Waals surface area contributed by atoms with Crippen LogP contribution in [0.4, 0.5) is 0 Å². The van der Waals surface area contributed by atoms with Gasteiger partial charge in [0.25, 0.3) is 0 Å². The predicted molar refractivity (Wildman–Crippen MR) is 115 cm³/mol. The van der Waals surface area contributed by atoms with Crippen LogP contribution in [-0.2, 0) is 19.3 Å². The normalized spacial score (nSPS) is 10.4. The lowest BCUT2D eigenvalue weighted by Gasteiger charge is -2.09. The van der Waals surface area contributed by atoms with Gasteiger partial charge in [-0.2, -0.15) is 15.4 Å². The first kappa shape index (κ1) is 23.9. The van der Waals surface area contributed by atoms with Crippen LogP contribution >= 0.6 is 0 Å². The zero-order chi connectivity index (χ0) is 23.2.